The molecule has 0 bridgehead atoms. The van der Waals surface area contributed by atoms with Crippen molar-refractivity contribution in [2.75, 3.05) is 26.8 Å². The number of aliphatic hydroxyl groups excluding tert-OH is 1. The van der Waals surface area contributed by atoms with Crippen LogP contribution in [0.4, 0.5) is 0 Å². The molecular weight excluding hydrogens is 426 g/mol. The first kappa shape index (κ1) is 24.1. The molecule has 0 spiro atoms. The Kier molecular flexibility index (Phi) is 8.56. The molecule has 32 heavy (non-hydrogen) atoms. The van der Waals surface area contributed by atoms with Gasteiger partial charge in [0.15, 0.2) is 0 Å². The molecule has 0 saturated heterocycles. The molecule has 1 unspecified atom stereocenters. The predicted molar refractivity (Wildman–Crippen MR) is 127 cm³/mol. The van der Waals surface area contributed by atoms with Gasteiger partial charge >= 0.3 is 0 Å². The number of nitrogens with one attached hydrogen (secondary N) is 1. The van der Waals surface area contributed by atoms with E-state index in [0.717, 1.165) is 40.0 Å². The van der Waals surface area contributed by atoms with Gasteiger partial charge in [0.05, 0.1) is 31.5 Å². The van der Waals surface area contributed by atoms with E-state index in [0.29, 0.717) is 19.7 Å². The van der Waals surface area contributed by atoms with Crippen molar-refractivity contribution >= 4 is 11.6 Å². The first-order valence-corrected chi connectivity index (χ1v) is 11.4. The Morgan fingerprint density at radius 1 is 1.06 bits per heavy atom. The first-order valence-electron chi connectivity index (χ1n) is 11.0. The average molecular weight is 459 g/mol. The van der Waals surface area contributed by atoms with Crippen LogP contribution in [0.25, 0.3) is 0 Å². The van der Waals surface area contributed by atoms with E-state index in [1.807, 2.05) is 67.1 Å². The number of ether oxygens (including phenoxy) is 2. The Morgan fingerprint density at radius 2 is 1.72 bits per heavy atom. The van der Waals surface area contributed by atoms with Crippen molar-refractivity contribution in [3.05, 3.63) is 76.1 Å². The molecule has 2 aromatic carbocycles. The summed E-state index contributed by atoms with van der Waals surface area (Å²) in [6, 6.07) is 15.3. The Morgan fingerprint density at radius 3 is 2.38 bits per heavy atom. The van der Waals surface area contributed by atoms with Gasteiger partial charge in [-0.25, -0.2) is 0 Å². The van der Waals surface area contributed by atoms with Gasteiger partial charge in [0.2, 0.25) is 0 Å². The molecule has 0 aliphatic heterocycles. The SMILES string of the molecule is CCOc1ccc(OC[C@@H](O)C[NH+](C)Cc2c(C)nn(Cc3ccccc3Cl)c2C)cc1. The topological polar surface area (TPSA) is 60.9 Å². The third kappa shape index (κ3) is 6.48. The number of quaternary nitrogens is 1. The monoisotopic (exact) mass is 458 g/mol. The Hall–Kier alpha value is -2.54. The highest BCUT2D eigenvalue weighted by Crippen LogP contribution is 2.19. The molecule has 2 atom stereocenters. The van der Waals surface area contributed by atoms with Gasteiger partial charge < -0.3 is 19.5 Å². The normalized spacial score (nSPS) is 13.1. The minimum absolute atomic E-state index is 0.245. The van der Waals surface area contributed by atoms with Crippen molar-refractivity contribution in [3.63, 3.8) is 0 Å². The van der Waals surface area contributed by atoms with E-state index >= 15 is 0 Å². The zero-order valence-electron chi connectivity index (χ0n) is 19.3. The van der Waals surface area contributed by atoms with E-state index in [-0.39, 0.29) is 6.61 Å². The smallest absolute Gasteiger partial charge is 0.137 e. The number of nitrogens with zero attached hydrogens (tertiary/aromatic N) is 2. The van der Waals surface area contributed by atoms with E-state index in [1.165, 1.54) is 10.5 Å². The van der Waals surface area contributed by atoms with E-state index in [2.05, 4.69) is 14.0 Å². The van der Waals surface area contributed by atoms with Gasteiger partial charge in [0, 0.05) is 10.7 Å². The van der Waals surface area contributed by atoms with Crippen molar-refractivity contribution in [2.45, 2.75) is 40.0 Å². The van der Waals surface area contributed by atoms with Crippen LogP contribution in [-0.4, -0.2) is 47.8 Å². The lowest BCUT2D eigenvalue weighted by Crippen LogP contribution is -3.09. The summed E-state index contributed by atoms with van der Waals surface area (Å²) < 4.78 is 13.2. The zero-order valence-corrected chi connectivity index (χ0v) is 20.0. The van der Waals surface area contributed by atoms with E-state index in [4.69, 9.17) is 26.2 Å². The average Bonchev–Trinajstić information content (AvgIpc) is 3.02. The fourth-order valence-corrected chi connectivity index (χ4v) is 3.95. The third-order valence-corrected chi connectivity index (χ3v) is 5.82. The maximum atomic E-state index is 10.5. The van der Waals surface area contributed by atoms with Gasteiger partial charge in [-0.15, -0.1) is 0 Å². The largest absolute Gasteiger partial charge is 0.494 e. The molecule has 2 N–H and O–H groups in total. The Balaban J connectivity index is 1.53. The summed E-state index contributed by atoms with van der Waals surface area (Å²) in [5.41, 5.74) is 4.39. The maximum Gasteiger partial charge on any atom is 0.137 e. The number of likely N-dealkylation sites (N-methyl/N-ethyl adjacent to an activating group) is 1. The molecule has 3 rings (SSSR count). The van der Waals surface area contributed by atoms with Crippen LogP contribution in [0.2, 0.25) is 5.02 Å². The van der Waals surface area contributed by atoms with E-state index in [1.54, 1.807) is 0 Å². The van der Waals surface area contributed by atoms with Crippen molar-refractivity contribution in [2.24, 2.45) is 0 Å². The molecule has 1 aromatic heterocycles. The van der Waals surface area contributed by atoms with Crippen LogP contribution >= 0.6 is 11.6 Å². The second-order valence-electron chi connectivity index (χ2n) is 8.11. The fourth-order valence-electron chi connectivity index (χ4n) is 3.76. The third-order valence-electron chi connectivity index (χ3n) is 5.45. The van der Waals surface area contributed by atoms with E-state index in [9.17, 15) is 5.11 Å². The van der Waals surface area contributed by atoms with Crippen LogP contribution in [0.3, 0.4) is 0 Å². The van der Waals surface area contributed by atoms with E-state index < -0.39 is 6.10 Å². The van der Waals surface area contributed by atoms with Gasteiger partial charge in [-0.3, -0.25) is 4.68 Å². The van der Waals surface area contributed by atoms with Crippen LogP contribution < -0.4 is 14.4 Å². The second-order valence-corrected chi connectivity index (χ2v) is 8.51. The molecule has 0 aliphatic rings. The number of hydrogen-bond acceptors (Lipinski definition) is 4. The molecule has 0 fully saturated rings. The molecule has 7 heteroatoms. The molecule has 6 nitrogen and oxygen atoms in total. The van der Waals surface area contributed by atoms with Crippen molar-refractivity contribution in [1.82, 2.24) is 9.78 Å². The highest BCUT2D eigenvalue weighted by molar-refractivity contribution is 6.31. The van der Waals surface area contributed by atoms with Gasteiger partial charge in [-0.05, 0) is 56.7 Å². The highest BCUT2D eigenvalue weighted by atomic mass is 35.5. The van der Waals surface area contributed by atoms with Gasteiger partial charge in [0.1, 0.15) is 37.3 Å². The van der Waals surface area contributed by atoms with Crippen LogP contribution in [0, 0.1) is 13.8 Å². The Bertz CT molecular complexity index is 1000. The number of hydrogen-bond donors (Lipinski definition) is 2. The number of benzene rings is 2. The lowest BCUT2D eigenvalue weighted by Gasteiger charge is -2.19. The molecule has 1 heterocycles. The summed E-state index contributed by atoms with van der Waals surface area (Å²) in [5, 5.41) is 15.9. The molecule has 0 saturated carbocycles. The van der Waals surface area contributed by atoms with Crippen LogP contribution in [0.1, 0.15) is 29.4 Å². The number of aromatic nitrogens is 2. The molecular formula is C25H33ClN3O3+. The number of aliphatic hydroxyl groups is 1. The van der Waals surface area contributed by atoms with Crippen LogP contribution in [0.5, 0.6) is 11.5 Å². The lowest BCUT2D eigenvalue weighted by molar-refractivity contribution is -0.897. The van der Waals surface area contributed by atoms with Crippen molar-refractivity contribution in [3.8, 4) is 11.5 Å². The summed E-state index contributed by atoms with van der Waals surface area (Å²) in [6.45, 7) is 8.94. The summed E-state index contributed by atoms with van der Waals surface area (Å²) in [7, 11) is 2.07. The van der Waals surface area contributed by atoms with Gasteiger partial charge in [0.25, 0.3) is 0 Å². The molecule has 0 aliphatic carbocycles. The quantitative estimate of drug-likeness (QED) is 0.463. The highest BCUT2D eigenvalue weighted by Gasteiger charge is 2.19. The minimum atomic E-state index is -0.569. The number of rotatable bonds is 11. The fraction of sp³-hybridized carbons (Fsp3) is 0.400. The maximum absolute atomic E-state index is 10.5. The second kappa shape index (κ2) is 11.4. The zero-order chi connectivity index (χ0) is 23.1. The van der Waals surface area contributed by atoms with Crippen molar-refractivity contribution < 1.29 is 19.5 Å². The van der Waals surface area contributed by atoms with Crippen LogP contribution in [-0.2, 0) is 13.1 Å². The predicted octanol–water partition coefficient (Wildman–Crippen LogP) is 3.05. The van der Waals surface area contributed by atoms with Crippen molar-refractivity contribution in [1.29, 1.82) is 0 Å². The summed E-state index contributed by atoms with van der Waals surface area (Å²) >= 11 is 6.32. The standard InChI is InChI=1S/C25H32ClN3O3/c1-5-31-22-10-12-23(13-11-22)32-17-21(30)15-28(4)16-24-18(2)27-29(19(24)3)14-20-8-6-7-9-25(20)26/h6-13,21,30H,5,14-17H2,1-4H3/p+1/t21-/m0/s1. The molecule has 3 aromatic rings. The molecule has 172 valence electrons. The number of aryl methyl sites for hydroxylation is 1. The molecule has 0 amide bonds. The first-order chi connectivity index (χ1) is 15.4. The van der Waals surface area contributed by atoms with Gasteiger partial charge in [-0.2, -0.15) is 5.10 Å². The minimum Gasteiger partial charge on any atom is -0.494 e. The summed E-state index contributed by atoms with van der Waals surface area (Å²) in [5.74, 6) is 1.53. The number of halogens is 1. The van der Waals surface area contributed by atoms with Crippen LogP contribution in [0.15, 0.2) is 48.5 Å². The summed E-state index contributed by atoms with van der Waals surface area (Å²) in [4.78, 5) is 1.19. The summed E-state index contributed by atoms with van der Waals surface area (Å²) in [6.07, 6.45) is -0.569. The Labute approximate surface area is 195 Å². The lowest BCUT2D eigenvalue weighted by atomic mass is 10.1. The van der Waals surface area contributed by atoms with Gasteiger partial charge in [-0.1, -0.05) is 29.8 Å². The molecule has 0 radical (unpaired) electrons.